The third-order valence-corrected chi connectivity index (χ3v) is 4.03. The number of carbonyl (C=O) groups is 1. The lowest BCUT2D eigenvalue weighted by Gasteiger charge is -2.37. The van der Waals surface area contributed by atoms with E-state index in [4.69, 9.17) is 11.6 Å². The molecule has 2 rings (SSSR count). The van der Waals surface area contributed by atoms with E-state index in [-0.39, 0.29) is 12.1 Å². The number of benzene rings is 1. The van der Waals surface area contributed by atoms with Gasteiger partial charge in [-0.3, -0.25) is 9.69 Å². The van der Waals surface area contributed by atoms with Gasteiger partial charge >= 0.3 is 5.97 Å². The average molecular weight is 268 g/mol. The van der Waals surface area contributed by atoms with Gasteiger partial charge in [-0.25, -0.2) is 0 Å². The second-order valence-corrected chi connectivity index (χ2v) is 5.19. The maximum Gasteiger partial charge on any atom is 0.320 e. The van der Waals surface area contributed by atoms with Gasteiger partial charge in [-0.1, -0.05) is 36.2 Å². The molecule has 0 bridgehead atoms. The standard InChI is InChI=1S/C14H18ClNO2/c1-10(11-6-2-3-7-12(11)15)16-9-5-4-8-13(16)14(17)18/h2-3,6-7,10,13H,4-5,8-9H2,1H3,(H,17,18). The first kappa shape index (κ1) is 13.4. The van der Waals surface area contributed by atoms with Gasteiger partial charge in [0.1, 0.15) is 6.04 Å². The number of rotatable bonds is 3. The number of halogens is 1. The normalized spacial score (nSPS) is 22.7. The monoisotopic (exact) mass is 267 g/mol. The summed E-state index contributed by atoms with van der Waals surface area (Å²) in [6, 6.07) is 7.32. The number of carboxylic acid groups (broad SMARTS) is 1. The Morgan fingerprint density at radius 3 is 2.83 bits per heavy atom. The molecule has 3 nitrogen and oxygen atoms in total. The molecule has 0 amide bonds. The van der Waals surface area contributed by atoms with Crippen molar-refractivity contribution in [2.75, 3.05) is 6.54 Å². The van der Waals surface area contributed by atoms with Crippen LogP contribution in [0, 0.1) is 0 Å². The fourth-order valence-electron chi connectivity index (χ4n) is 2.68. The van der Waals surface area contributed by atoms with Crippen molar-refractivity contribution in [2.24, 2.45) is 0 Å². The van der Waals surface area contributed by atoms with Gasteiger partial charge in [-0.2, -0.15) is 0 Å². The summed E-state index contributed by atoms with van der Waals surface area (Å²) in [4.78, 5) is 13.4. The molecular weight excluding hydrogens is 250 g/mol. The lowest BCUT2D eigenvalue weighted by Crippen LogP contribution is -2.45. The maximum atomic E-state index is 11.3. The summed E-state index contributed by atoms with van der Waals surface area (Å²) in [5.74, 6) is -0.728. The van der Waals surface area contributed by atoms with Gasteiger partial charge < -0.3 is 5.11 Å². The first-order chi connectivity index (χ1) is 8.61. The van der Waals surface area contributed by atoms with E-state index in [9.17, 15) is 9.90 Å². The van der Waals surface area contributed by atoms with Crippen molar-refractivity contribution in [1.82, 2.24) is 4.90 Å². The van der Waals surface area contributed by atoms with Crippen LogP contribution < -0.4 is 0 Å². The van der Waals surface area contributed by atoms with Gasteiger partial charge in [0, 0.05) is 11.1 Å². The van der Waals surface area contributed by atoms with Crippen LogP contribution in [0.15, 0.2) is 24.3 Å². The summed E-state index contributed by atoms with van der Waals surface area (Å²) in [7, 11) is 0. The molecule has 2 unspecified atom stereocenters. The number of likely N-dealkylation sites (tertiary alicyclic amines) is 1. The quantitative estimate of drug-likeness (QED) is 0.913. The summed E-state index contributed by atoms with van der Waals surface area (Å²) in [6.07, 6.45) is 2.77. The Labute approximate surface area is 112 Å². The van der Waals surface area contributed by atoms with Crippen LogP contribution in [0.2, 0.25) is 5.02 Å². The minimum absolute atomic E-state index is 0.0418. The van der Waals surface area contributed by atoms with Gasteiger partial charge in [0.05, 0.1) is 0 Å². The molecule has 2 atom stereocenters. The summed E-state index contributed by atoms with van der Waals surface area (Å²) in [5, 5.41) is 10.0. The Balaban J connectivity index is 2.23. The lowest BCUT2D eigenvalue weighted by molar-refractivity contribution is -0.145. The Morgan fingerprint density at radius 1 is 1.44 bits per heavy atom. The highest BCUT2D eigenvalue weighted by Crippen LogP contribution is 2.32. The fourth-order valence-corrected chi connectivity index (χ4v) is 2.97. The second-order valence-electron chi connectivity index (χ2n) is 4.79. The van der Waals surface area contributed by atoms with E-state index in [1.54, 1.807) is 0 Å². The minimum atomic E-state index is -0.728. The summed E-state index contributed by atoms with van der Waals surface area (Å²) in [6.45, 7) is 2.85. The average Bonchev–Trinajstić information content (AvgIpc) is 2.38. The van der Waals surface area contributed by atoms with Crippen molar-refractivity contribution in [2.45, 2.75) is 38.3 Å². The number of aliphatic carboxylic acids is 1. The van der Waals surface area contributed by atoms with Crippen LogP contribution in [-0.2, 0) is 4.79 Å². The van der Waals surface area contributed by atoms with Gasteiger partial charge in [0.15, 0.2) is 0 Å². The Hall–Kier alpha value is -1.06. The summed E-state index contributed by atoms with van der Waals surface area (Å²) < 4.78 is 0. The van der Waals surface area contributed by atoms with Crippen molar-refractivity contribution in [3.05, 3.63) is 34.9 Å². The van der Waals surface area contributed by atoms with Gasteiger partial charge in [-0.15, -0.1) is 0 Å². The van der Waals surface area contributed by atoms with Crippen LogP contribution in [0.3, 0.4) is 0 Å². The van der Waals surface area contributed by atoms with Crippen LogP contribution in [0.4, 0.5) is 0 Å². The van der Waals surface area contributed by atoms with Crippen molar-refractivity contribution in [3.8, 4) is 0 Å². The molecule has 1 N–H and O–H groups in total. The number of nitrogens with zero attached hydrogens (tertiary/aromatic N) is 1. The highest BCUT2D eigenvalue weighted by Gasteiger charge is 2.32. The van der Waals surface area contributed by atoms with Crippen molar-refractivity contribution < 1.29 is 9.90 Å². The Bertz CT molecular complexity index is 436. The van der Waals surface area contributed by atoms with E-state index in [0.717, 1.165) is 31.4 Å². The first-order valence-corrected chi connectivity index (χ1v) is 6.72. The highest BCUT2D eigenvalue weighted by atomic mass is 35.5. The largest absolute Gasteiger partial charge is 0.480 e. The molecule has 1 aliphatic heterocycles. The van der Waals surface area contributed by atoms with Gasteiger partial charge in [0.2, 0.25) is 0 Å². The van der Waals surface area contributed by atoms with Gasteiger partial charge in [-0.05, 0) is 37.9 Å². The predicted molar refractivity (Wildman–Crippen MR) is 71.8 cm³/mol. The van der Waals surface area contributed by atoms with Crippen LogP contribution in [0.25, 0.3) is 0 Å². The molecule has 1 fully saturated rings. The lowest BCUT2D eigenvalue weighted by atomic mass is 9.97. The van der Waals surface area contributed by atoms with E-state index in [0.29, 0.717) is 5.02 Å². The molecule has 98 valence electrons. The molecular formula is C14H18ClNO2. The molecule has 0 radical (unpaired) electrons. The fraction of sp³-hybridized carbons (Fsp3) is 0.500. The van der Waals surface area contributed by atoms with Crippen LogP contribution >= 0.6 is 11.6 Å². The molecule has 0 aromatic heterocycles. The third kappa shape index (κ3) is 2.68. The molecule has 1 aliphatic rings. The third-order valence-electron chi connectivity index (χ3n) is 3.68. The zero-order chi connectivity index (χ0) is 13.1. The van der Waals surface area contributed by atoms with Gasteiger partial charge in [0.25, 0.3) is 0 Å². The van der Waals surface area contributed by atoms with E-state index in [1.807, 2.05) is 36.1 Å². The van der Waals surface area contributed by atoms with Crippen molar-refractivity contribution in [1.29, 1.82) is 0 Å². The van der Waals surface area contributed by atoms with Crippen molar-refractivity contribution >= 4 is 17.6 Å². The summed E-state index contributed by atoms with van der Waals surface area (Å²) in [5.41, 5.74) is 1.01. The van der Waals surface area contributed by atoms with Crippen LogP contribution in [0.1, 0.15) is 37.8 Å². The van der Waals surface area contributed by atoms with E-state index < -0.39 is 5.97 Å². The van der Waals surface area contributed by atoms with Crippen LogP contribution in [0.5, 0.6) is 0 Å². The second kappa shape index (κ2) is 5.72. The molecule has 1 aromatic carbocycles. The molecule has 0 spiro atoms. The van der Waals surface area contributed by atoms with E-state index in [1.165, 1.54) is 0 Å². The van der Waals surface area contributed by atoms with E-state index in [2.05, 4.69) is 0 Å². The maximum absolute atomic E-state index is 11.3. The first-order valence-electron chi connectivity index (χ1n) is 6.34. The zero-order valence-electron chi connectivity index (χ0n) is 10.5. The number of hydrogen-bond acceptors (Lipinski definition) is 2. The molecule has 18 heavy (non-hydrogen) atoms. The topological polar surface area (TPSA) is 40.5 Å². The molecule has 0 saturated carbocycles. The van der Waals surface area contributed by atoms with Crippen LogP contribution in [-0.4, -0.2) is 28.6 Å². The number of carboxylic acids is 1. The predicted octanol–water partition coefficient (Wildman–Crippen LogP) is 3.34. The molecule has 1 saturated heterocycles. The number of hydrogen-bond donors (Lipinski definition) is 1. The number of piperidine rings is 1. The smallest absolute Gasteiger partial charge is 0.320 e. The molecule has 0 aliphatic carbocycles. The van der Waals surface area contributed by atoms with Crippen molar-refractivity contribution in [3.63, 3.8) is 0 Å². The summed E-state index contributed by atoms with van der Waals surface area (Å²) >= 11 is 6.19. The molecule has 1 aromatic rings. The molecule has 4 heteroatoms. The zero-order valence-corrected chi connectivity index (χ0v) is 11.2. The Kier molecular flexibility index (Phi) is 4.25. The Morgan fingerprint density at radius 2 is 2.17 bits per heavy atom. The SMILES string of the molecule is CC(c1ccccc1Cl)N1CCCCC1C(=O)O. The van der Waals surface area contributed by atoms with E-state index >= 15 is 0 Å². The molecule has 1 heterocycles. The highest BCUT2D eigenvalue weighted by molar-refractivity contribution is 6.31. The minimum Gasteiger partial charge on any atom is -0.480 e.